The van der Waals surface area contributed by atoms with Crippen LogP contribution in [0, 0.1) is 12.7 Å². The largest absolute Gasteiger partial charge is 0.322 e. The lowest BCUT2D eigenvalue weighted by atomic mass is 10.0. The fourth-order valence-electron chi connectivity index (χ4n) is 3.19. The van der Waals surface area contributed by atoms with Gasteiger partial charge in [0.2, 0.25) is 0 Å². The van der Waals surface area contributed by atoms with E-state index in [2.05, 4.69) is 20.8 Å². The monoisotopic (exact) mass is 396 g/mol. The highest BCUT2D eigenvalue weighted by Gasteiger charge is 2.29. The molecule has 0 spiro atoms. The number of halogens is 1. The first-order valence-corrected chi connectivity index (χ1v) is 10.6. The van der Waals surface area contributed by atoms with Crippen LogP contribution in [0.2, 0.25) is 0 Å². The summed E-state index contributed by atoms with van der Waals surface area (Å²) < 4.78 is 38.7. The van der Waals surface area contributed by atoms with E-state index >= 15 is 0 Å². The molecule has 27 heavy (non-hydrogen) atoms. The maximum absolute atomic E-state index is 14.1. The fraction of sp³-hybridized carbons (Fsp3) is 0.500. The van der Waals surface area contributed by atoms with Crippen molar-refractivity contribution < 1.29 is 17.6 Å². The third kappa shape index (κ3) is 4.59. The number of amides is 2. The van der Waals surface area contributed by atoms with Crippen molar-refractivity contribution in [2.24, 2.45) is 0 Å². The molecule has 9 nitrogen and oxygen atoms in total. The molecule has 1 saturated heterocycles. The van der Waals surface area contributed by atoms with Crippen LogP contribution in [0.5, 0.6) is 0 Å². The molecule has 2 heterocycles. The zero-order valence-corrected chi connectivity index (χ0v) is 15.9. The molecule has 0 saturated carbocycles. The first kappa shape index (κ1) is 19.2. The van der Waals surface area contributed by atoms with Gasteiger partial charge < -0.3 is 10.2 Å². The lowest BCUT2D eigenvalue weighted by Gasteiger charge is -2.35. The number of nitrogens with one attached hydrogen (secondary N) is 1. The molecule has 1 aromatic carbocycles. The van der Waals surface area contributed by atoms with E-state index in [0.29, 0.717) is 24.5 Å². The summed E-state index contributed by atoms with van der Waals surface area (Å²) in [6.45, 7) is 2.11. The summed E-state index contributed by atoms with van der Waals surface area (Å²) in [5.74, 6) is -0.197. The highest BCUT2D eigenvalue weighted by molar-refractivity contribution is 7.90. The Hall–Kier alpha value is -2.56. The van der Waals surface area contributed by atoms with Gasteiger partial charge in [-0.1, -0.05) is 0 Å². The van der Waals surface area contributed by atoms with Crippen LogP contribution in [0.1, 0.15) is 25.1 Å². The Morgan fingerprint density at radius 3 is 2.81 bits per heavy atom. The van der Waals surface area contributed by atoms with Gasteiger partial charge in [0.05, 0.1) is 5.75 Å². The molecular weight excluding hydrogens is 375 g/mol. The molecule has 1 aliphatic heterocycles. The standard InChI is InChI=1S/C16H21FN6O3S/c1-11-19-20-21-23(11)15-9-12(6-7-14(15)17)18-16(24)22-8-4-3-5-13(22)10-27(2,25)26/h6-7,9,13H,3-5,8,10H2,1-2H3,(H,18,24). The molecule has 11 heteroatoms. The number of carbonyl (C=O) groups is 1. The van der Waals surface area contributed by atoms with Crippen molar-refractivity contribution in [3.63, 3.8) is 0 Å². The number of likely N-dealkylation sites (tertiary alicyclic amines) is 1. The van der Waals surface area contributed by atoms with Crippen LogP contribution in [-0.4, -0.2) is 64.2 Å². The molecule has 2 aromatic rings. The number of urea groups is 1. The van der Waals surface area contributed by atoms with Gasteiger partial charge >= 0.3 is 6.03 Å². The lowest BCUT2D eigenvalue weighted by molar-refractivity contribution is 0.171. The Balaban J connectivity index is 1.80. The maximum atomic E-state index is 14.1. The van der Waals surface area contributed by atoms with E-state index in [1.807, 2.05) is 0 Å². The Morgan fingerprint density at radius 1 is 1.37 bits per heavy atom. The van der Waals surface area contributed by atoms with Gasteiger partial charge in [-0.3, -0.25) is 0 Å². The number of aromatic nitrogens is 4. The number of sulfone groups is 1. The number of rotatable bonds is 4. The van der Waals surface area contributed by atoms with Crippen LogP contribution in [0.3, 0.4) is 0 Å². The summed E-state index contributed by atoms with van der Waals surface area (Å²) >= 11 is 0. The average Bonchev–Trinajstić information content (AvgIpc) is 3.01. The second-order valence-electron chi connectivity index (χ2n) is 6.67. The molecule has 3 rings (SSSR count). The van der Waals surface area contributed by atoms with E-state index in [1.54, 1.807) is 6.92 Å². The molecule has 1 atom stereocenters. The molecule has 146 valence electrons. The normalized spacial score (nSPS) is 17.7. The van der Waals surface area contributed by atoms with Crippen molar-refractivity contribution in [3.05, 3.63) is 29.8 Å². The van der Waals surface area contributed by atoms with Crippen molar-refractivity contribution in [3.8, 4) is 5.69 Å². The lowest BCUT2D eigenvalue weighted by Crippen LogP contribution is -2.48. The van der Waals surface area contributed by atoms with Crippen molar-refractivity contribution in [2.75, 3.05) is 23.9 Å². The number of hydrogen-bond donors (Lipinski definition) is 1. The zero-order chi connectivity index (χ0) is 19.6. The summed E-state index contributed by atoms with van der Waals surface area (Å²) in [6, 6.07) is 3.32. The van der Waals surface area contributed by atoms with Gasteiger partial charge in [-0.2, -0.15) is 4.68 Å². The van der Waals surface area contributed by atoms with Crippen molar-refractivity contribution in [2.45, 2.75) is 32.2 Å². The number of nitrogens with zero attached hydrogens (tertiary/aromatic N) is 5. The molecule has 0 bridgehead atoms. The van der Waals surface area contributed by atoms with Crippen LogP contribution < -0.4 is 5.32 Å². The van der Waals surface area contributed by atoms with Crippen LogP contribution in [0.25, 0.3) is 5.69 Å². The van der Waals surface area contributed by atoms with Gasteiger partial charge in [0.1, 0.15) is 21.3 Å². The van der Waals surface area contributed by atoms with Gasteiger partial charge in [0.15, 0.2) is 5.82 Å². The summed E-state index contributed by atoms with van der Waals surface area (Å²) in [4.78, 5) is 14.2. The van der Waals surface area contributed by atoms with Gasteiger partial charge in [0, 0.05) is 24.5 Å². The molecule has 1 aromatic heterocycles. The van der Waals surface area contributed by atoms with E-state index in [1.165, 1.54) is 34.0 Å². The average molecular weight is 396 g/mol. The Bertz CT molecular complexity index is 945. The molecule has 1 fully saturated rings. The van der Waals surface area contributed by atoms with Gasteiger partial charge in [-0.05, 0) is 54.8 Å². The number of hydrogen-bond acceptors (Lipinski definition) is 6. The number of piperidine rings is 1. The number of anilines is 1. The second-order valence-corrected chi connectivity index (χ2v) is 8.85. The van der Waals surface area contributed by atoms with Gasteiger partial charge in [-0.25, -0.2) is 17.6 Å². The maximum Gasteiger partial charge on any atom is 0.322 e. The van der Waals surface area contributed by atoms with E-state index in [-0.39, 0.29) is 17.5 Å². The highest BCUT2D eigenvalue weighted by Crippen LogP contribution is 2.22. The third-order valence-electron chi connectivity index (χ3n) is 4.43. The quantitative estimate of drug-likeness (QED) is 0.839. The first-order chi connectivity index (χ1) is 12.7. The van der Waals surface area contributed by atoms with Crippen molar-refractivity contribution in [1.29, 1.82) is 0 Å². The molecule has 0 radical (unpaired) electrons. The number of tetrazole rings is 1. The number of carbonyl (C=O) groups excluding carboxylic acids is 1. The summed E-state index contributed by atoms with van der Waals surface area (Å²) in [5, 5.41) is 13.7. The molecule has 1 aliphatic rings. The van der Waals surface area contributed by atoms with Crippen LogP contribution in [0.15, 0.2) is 18.2 Å². The Kier molecular flexibility index (Phi) is 5.40. The third-order valence-corrected chi connectivity index (χ3v) is 5.42. The van der Waals surface area contributed by atoms with Crippen molar-refractivity contribution in [1.82, 2.24) is 25.1 Å². The molecular formula is C16H21FN6O3S. The SMILES string of the molecule is Cc1nnnn1-c1cc(NC(=O)N2CCCCC2CS(C)(=O)=O)ccc1F. The minimum atomic E-state index is -3.21. The van der Waals surface area contributed by atoms with Gasteiger partial charge in [0.25, 0.3) is 0 Å². The van der Waals surface area contributed by atoms with Crippen LogP contribution >= 0.6 is 0 Å². The minimum Gasteiger partial charge on any atom is -0.321 e. The van der Waals surface area contributed by atoms with E-state index in [4.69, 9.17) is 0 Å². The Morgan fingerprint density at radius 2 is 2.15 bits per heavy atom. The zero-order valence-electron chi connectivity index (χ0n) is 15.1. The topological polar surface area (TPSA) is 110 Å². The Labute approximate surface area is 156 Å². The molecule has 0 aliphatic carbocycles. The predicted octanol–water partition coefficient (Wildman–Crippen LogP) is 1.54. The summed E-state index contributed by atoms with van der Waals surface area (Å²) in [6.07, 6.45) is 3.49. The first-order valence-electron chi connectivity index (χ1n) is 8.55. The van der Waals surface area contributed by atoms with E-state index in [0.717, 1.165) is 12.8 Å². The van der Waals surface area contributed by atoms with Crippen LogP contribution in [-0.2, 0) is 9.84 Å². The molecule has 1 unspecified atom stereocenters. The smallest absolute Gasteiger partial charge is 0.321 e. The summed E-state index contributed by atoms with van der Waals surface area (Å²) in [7, 11) is -3.21. The molecule has 2 amide bonds. The highest BCUT2D eigenvalue weighted by atomic mass is 32.2. The number of aryl methyl sites for hydroxylation is 1. The van der Waals surface area contributed by atoms with E-state index < -0.39 is 21.7 Å². The predicted molar refractivity (Wildman–Crippen MR) is 96.9 cm³/mol. The fourth-order valence-corrected chi connectivity index (χ4v) is 4.24. The van der Waals surface area contributed by atoms with Gasteiger partial charge in [-0.15, -0.1) is 5.10 Å². The van der Waals surface area contributed by atoms with E-state index in [9.17, 15) is 17.6 Å². The second kappa shape index (κ2) is 7.59. The van der Waals surface area contributed by atoms with Crippen LogP contribution in [0.4, 0.5) is 14.9 Å². The number of benzene rings is 1. The molecule has 1 N–H and O–H groups in total. The summed E-state index contributed by atoms with van der Waals surface area (Å²) in [5.41, 5.74) is 0.483. The van der Waals surface area contributed by atoms with Crippen molar-refractivity contribution >= 4 is 21.6 Å². The minimum absolute atomic E-state index is 0.0705.